The second-order valence-corrected chi connectivity index (χ2v) is 16.3. The molecule has 2 rings (SSSR count). The van der Waals surface area contributed by atoms with Gasteiger partial charge in [-0.2, -0.15) is 0 Å². The molecule has 106 valence electrons. The molecule has 2 aromatic rings. The molecule has 0 amide bonds. The van der Waals surface area contributed by atoms with Crippen molar-refractivity contribution in [2.75, 3.05) is 0 Å². The Morgan fingerprint density at radius 1 is 0.700 bits per heavy atom. The number of benzene rings is 2. The standard InChI is InChI=1S/C17H23As3/c1-19(2)15-11-7-5-9-13(15)17(18)14-10-6-8-12-16(14)20(3)4/h5-12,17H,18H2,1-4H3. The molecule has 0 fully saturated rings. The van der Waals surface area contributed by atoms with E-state index >= 15 is 0 Å². The van der Waals surface area contributed by atoms with Gasteiger partial charge in [0.25, 0.3) is 0 Å². The molecular weight excluding hydrogens is 429 g/mol. The molecule has 1 unspecified atom stereocenters. The van der Waals surface area contributed by atoms with Crippen molar-refractivity contribution in [1.82, 2.24) is 0 Å². The predicted molar refractivity (Wildman–Crippen MR) is 97.5 cm³/mol. The van der Waals surface area contributed by atoms with Crippen LogP contribution in [0.3, 0.4) is 0 Å². The summed E-state index contributed by atoms with van der Waals surface area (Å²) in [5.41, 5.74) is 12.9. The Balaban J connectivity index is 2.50. The normalized spacial score (nSPS) is 11.6. The molecule has 0 heterocycles. The van der Waals surface area contributed by atoms with Crippen LogP contribution in [0.25, 0.3) is 0 Å². The Morgan fingerprint density at radius 3 is 1.40 bits per heavy atom. The van der Waals surface area contributed by atoms with E-state index in [-0.39, 0.29) is 0 Å². The first-order valence-corrected chi connectivity index (χ1v) is 17.6. The average Bonchev–Trinajstić information content (AvgIpc) is 2.46. The summed E-state index contributed by atoms with van der Waals surface area (Å²) in [6, 6.07) is 18.3. The van der Waals surface area contributed by atoms with Crippen molar-refractivity contribution in [2.45, 2.75) is 27.6 Å². The molecule has 0 saturated carbocycles. The first kappa shape index (κ1) is 16.5. The second kappa shape index (κ2) is 7.40. The minimum atomic E-state index is -0.834. The van der Waals surface area contributed by atoms with Crippen LogP contribution in [-0.2, 0) is 0 Å². The van der Waals surface area contributed by atoms with Crippen LogP contribution in [0.15, 0.2) is 48.5 Å². The molecule has 0 N–H and O–H groups in total. The maximum atomic E-state index is 2.44. The van der Waals surface area contributed by atoms with Crippen LogP contribution in [-0.4, -0.2) is 46.2 Å². The Labute approximate surface area is 141 Å². The van der Waals surface area contributed by atoms with Gasteiger partial charge in [-0.25, -0.2) is 0 Å². The van der Waals surface area contributed by atoms with Crippen molar-refractivity contribution in [3.05, 3.63) is 59.7 Å². The van der Waals surface area contributed by atoms with Crippen molar-refractivity contribution in [3.8, 4) is 0 Å². The summed E-state index contributed by atoms with van der Waals surface area (Å²) in [6.07, 6.45) is 0. The van der Waals surface area contributed by atoms with Gasteiger partial charge in [0, 0.05) is 0 Å². The zero-order valence-corrected chi connectivity index (χ0v) is 18.8. The van der Waals surface area contributed by atoms with Gasteiger partial charge in [-0.3, -0.25) is 0 Å². The molecule has 0 nitrogen and oxygen atoms in total. The topological polar surface area (TPSA) is 0 Å². The van der Waals surface area contributed by atoms with E-state index in [4.69, 9.17) is 0 Å². The van der Waals surface area contributed by atoms with Crippen LogP contribution >= 0.6 is 0 Å². The van der Waals surface area contributed by atoms with Crippen LogP contribution in [0.1, 0.15) is 15.8 Å². The molecule has 20 heavy (non-hydrogen) atoms. The van der Waals surface area contributed by atoms with Crippen LogP contribution in [0.2, 0.25) is 22.8 Å². The zero-order chi connectivity index (χ0) is 14.7. The third kappa shape index (κ3) is 3.65. The molecule has 0 aliphatic heterocycles. The molecule has 0 aliphatic rings. The number of hydrogen-bond donors (Lipinski definition) is 0. The first-order chi connectivity index (χ1) is 9.52. The summed E-state index contributed by atoms with van der Waals surface area (Å²) in [5.74, 6) is 0. The molecule has 0 aliphatic carbocycles. The van der Waals surface area contributed by atoms with E-state index in [1.165, 1.54) is 0 Å². The molecule has 0 aromatic heterocycles. The van der Waals surface area contributed by atoms with Crippen molar-refractivity contribution in [1.29, 1.82) is 0 Å². The quantitative estimate of drug-likeness (QED) is 0.626. The Kier molecular flexibility index (Phi) is 6.10. The second-order valence-electron chi connectivity index (χ2n) is 5.38. The van der Waals surface area contributed by atoms with Gasteiger partial charge in [0.2, 0.25) is 0 Å². The van der Waals surface area contributed by atoms with Gasteiger partial charge >= 0.3 is 142 Å². The fourth-order valence-corrected chi connectivity index (χ4v) is 9.65. The van der Waals surface area contributed by atoms with Crippen molar-refractivity contribution in [3.63, 3.8) is 0 Å². The van der Waals surface area contributed by atoms with E-state index in [0.29, 0.717) is 4.71 Å². The maximum absolute atomic E-state index is 2.44. The summed E-state index contributed by atoms with van der Waals surface area (Å²) >= 11 is 0.182. The summed E-state index contributed by atoms with van der Waals surface area (Å²) in [6.45, 7) is 0. The van der Waals surface area contributed by atoms with E-state index in [1.807, 2.05) is 16.9 Å². The summed E-state index contributed by atoms with van der Waals surface area (Å²) in [7, 11) is 0. The van der Waals surface area contributed by atoms with Crippen LogP contribution in [0, 0.1) is 0 Å². The fourth-order valence-electron chi connectivity index (χ4n) is 2.48. The van der Waals surface area contributed by atoms with Gasteiger partial charge < -0.3 is 0 Å². The van der Waals surface area contributed by atoms with Gasteiger partial charge in [0.15, 0.2) is 0 Å². The van der Waals surface area contributed by atoms with Crippen LogP contribution in [0.4, 0.5) is 0 Å². The monoisotopic (exact) mass is 452 g/mol. The van der Waals surface area contributed by atoms with Gasteiger partial charge in [0.1, 0.15) is 0 Å². The fraction of sp³-hybridized carbons (Fsp3) is 0.294. The molecule has 0 saturated heterocycles. The molecule has 3 heteroatoms. The Bertz CT molecular complexity index is 524. The van der Waals surface area contributed by atoms with E-state index < -0.39 is 29.3 Å². The SMILES string of the molecule is C[As](C)c1ccccc1C([AsH2])c1ccccc1[As](C)C. The van der Waals surface area contributed by atoms with Gasteiger partial charge in [-0.1, -0.05) is 0 Å². The predicted octanol–water partition coefficient (Wildman–Crippen LogP) is 2.33. The molecule has 1 atom stereocenters. The molecular formula is C17H23As3. The van der Waals surface area contributed by atoms with Crippen LogP contribution in [0.5, 0.6) is 0 Å². The minimum absolute atomic E-state index is 0.587. The van der Waals surface area contributed by atoms with Gasteiger partial charge in [-0.05, 0) is 0 Å². The first-order valence-electron chi connectivity index (χ1n) is 6.80. The van der Waals surface area contributed by atoms with E-state index in [0.717, 1.165) is 0 Å². The molecule has 0 bridgehead atoms. The summed E-state index contributed by atoms with van der Waals surface area (Å²) < 4.78 is 3.88. The third-order valence-corrected chi connectivity index (χ3v) is 10.8. The van der Waals surface area contributed by atoms with E-state index in [9.17, 15) is 0 Å². The summed E-state index contributed by atoms with van der Waals surface area (Å²) in [5, 5.41) is 0. The third-order valence-electron chi connectivity index (χ3n) is 3.51. The van der Waals surface area contributed by atoms with Gasteiger partial charge in [0.05, 0.1) is 0 Å². The Hall–Kier alpha value is 0.115. The number of rotatable bonds is 4. The van der Waals surface area contributed by atoms with Crippen molar-refractivity contribution in [2.24, 2.45) is 0 Å². The van der Waals surface area contributed by atoms with E-state index in [1.54, 1.807) is 19.8 Å². The van der Waals surface area contributed by atoms with Crippen LogP contribution < -0.4 is 8.70 Å². The zero-order valence-electron chi connectivity index (χ0n) is 12.7. The Morgan fingerprint density at radius 2 is 1.05 bits per heavy atom. The van der Waals surface area contributed by atoms with E-state index in [2.05, 4.69) is 71.4 Å². The van der Waals surface area contributed by atoms with Crippen molar-refractivity contribution >= 4 is 54.9 Å². The van der Waals surface area contributed by atoms with Crippen molar-refractivity contribution < 1.29 is 0 Å². The molecule has 0 spiro atoms. The van der Waals surface area contributed by atoms with Gasteiger partial charge in [-0.15, -0.1) is 0 Å². The molecule has 0 radical (unpaired) electrons. The average molecular weight is 452 g/mol. The number of hydrogen-bond acceptors (Lipinski definition) is 0. The molecule has 2 aromatic carbocycles. The summed E-state index contributed by atoms with van der Waals surface area (Å²) in [4.78, 5) is 0.